The zero-order chi connectivity index (χ0) is 25.9. The summed E-state index contributed by atoms with van der Waals surface area (Å²) in [4.78, 5) is 0. The Morgan fingerprint density at radius 3 is 1.11 bits per heavy atom. The first-order valence-electron chi connectivity index (χ1n) is 11.2. The van der Waals surface area contributed by atoms with Gasteiger partial charge >= 0.3 is 15.2 Å². The topological polar surface area (TPSA) is 97.4 Å². The SMILES string of the molecule is COP(=O)(CP(=O)(CP(=O)(OC)OCc1ccccc1)OCc1ccccc1)OCc1ccccc1. The lowest BCUT2D eigenvalue weighted by atomic mass is 10.2. The Labute approximate surface area is 212 Å². The third kappa shape index (κ3) is 9.23. The van der Waals surface area contributed by atoms with Gasteiger partial charge in [-0.2, -0.15) is 0 Å². The van der Waals surface area contributed by atoms with Crippen LogP contribution in [0.25, 0.3) is 0 Å². The van der Waals surface area contributed by atoms with E-state index in [1.54, 1.807) is 12.1 Å². The molecule has 8 nitrogen and oxygen atoms in total. The average molecular weight is 552 g/mol. The van der Waals surface area contributed by atoms with Crippen LogP contribution >= 0.6 is 22.6 Å². The first kappa shape index (κ1) is 28.7. The van der Waals surface area contributed by atoms with Gasteiger partial charge < -0.3 is 22.6 Å². The number of benzene rings is 3. The number of hydrogen-bond acceptors (Lipinski definition) is 8. The molecule has 0 amide bonds. The van der Waals surface area contributed by atoms with Crippen LogP contribution in [0.4, 0.5) is 0 Å². The second-order valence-electron chi connectivity index (χ2n) is 7.96. The maximum atomic E-state index is 14.1. The van der Waals surface area contributed by atoms with Crippen molar-refractivity contribution in [2.45, 2.75) is 19.8 Å². The van der Waals surface area contributed by atoms with Gasteiger partial charge in [0.25, 0.3) is 0 Å². The minimum atomic E-state index is -3.93. The van der Waals surface area contributed by atoms with Crippen LogP contribution in [0.5, 0.6) is 0 Å². The molecule has 0 bridgehead atoms. The van der Waals surface area contributed by atoms with Gasteiger partial charge in [0.15, 0.2) is 0 Å². The molecule has 0 aromatic heterocycles. The summed E-state index contributed by atoms with van der Waals surface area (Å²) in [6.07, 6.45) is 0. The van der Waals surface area contributed by atoms with Gasteiger partial charge in [-0.1, -0.05) is 91.0 Å². The lowest BCUT2D eigenvalue weighted by Gasteiger charge is -2.26. The molecule has 0 N–H and O–H groups in total. The van der Waals surface area contributed by atoms with Crippen LogP contribution in [0.3, 0.4) is 0 Å². The Morgan fingerprint density at radius 2 is 0.806 bits per heavy atom. The molecule has 36 heavy (non-hydrogen) atoms. The third-order valence-electron chi connectivity index (χ3n) is 5.18. The van der Waals surface area contributed by atoms with E-state index < -0.39 is 34.4 Å². The van der Waals surface area contributed by atoms with Gasteiger partial charge in [-0.15, -0.1) is 0 Å². The van der Waals surface area contributed by atoms with Crippen LogP contribution in [0.1, 0.15) is 16.7 Å². The molecular formula is C25H31O8P3. The largest absolute Gasteiger partial charge is 0.340 e. The molecule has 0 saturated carbocycles. The molecule has 2 unspecified atom stereocenters. The summed E-state index contributed by atoms with van der Waals surface area (Å²) in [5, 5.41) is 0. The highest BCUT2D eigenvalue weighted by atomic mass is 31.3. The Hall–Kier alpha value is -1.85. The molecule has 3 aromatic carbocycles. The second kappa shape index (κ2) is 13.6. The van der Waals surface area contributed by atoms with Crippen molar-refractivity contribution in [3.05, 3.63) is 108 Å². The van der Waals surface area contributed by atoms with Crippen LogP contribution in [0.2, 0.25) is 0 Å². The summed E-state index contributed by atoms with van der Waals surface area (Å²) < 4.78 is 68.4. The molecule has 0 aliphatic rings. The van der Waals surface area contributed by atoms with E-state index in [0.717, 1.165) is 16.7 Å². The highest BCUT2D eigenvalue weighted by Crippen LogP contribution is 2.70. The van der Waals surface area contributed by atoms with Crippen LogP contribution < -0.4 is 0 Å². The van der Waals surface area contributed by atoms with E-state index in [2.05, 4.69) is 0 Å². The molecule has 0 spiro atoms. The van der Waals surface area contributed by atoms with Crippen LogP contribution in [0.15, 0.2) is 91.0 Å². The summed E-state index contributed by atoms with van der Waals surface area (Å²) in [5.41, 5.74) is 2.28. The molecule has 3 rings (SSSR count). The molecule has 0 fully saturated rings. The fraction of sp³-hybridized carbons (Fsp3) is 0.280. The van der Waals surface area contributed by atoms with Crippen molar-refractivity contribution in [2.75, 3.05) is 26.0 Å². The first-order valence-corrected chi connectivity index (χ1v) is 16.7. The van der Waals surface area contributed by atoms with Gasteiger partial charge in [0.1, 0.15) is 11.8 Å². The standard InChI is InChI=1S/C25H31O8P3/c1-29-35(27,32-19-24-14-8-4-9-15-24)21-34(26,31-18-23-12-6-3-7-13-23)22-36(28,30-2)33-20-25-16-10-5-11-17-25/h3-17H,18-22H2,1-2H3. The lowest BCUT2D eigenvalue weighted by molar-refractivity contribution is 0.224. The van der Waals surface area contributed by atoms with Gasteiger partial charge in [-0.05, 0) is 16.7 Å². The normalized spacial score (nSPS) is 16.5. The van der Waals surface area contributed by atoms with Gasteiger partial charge in [-0.3, -0.25) is 13.7 Å². The van der Waals surface area contributed by atoms with Gasteiger partial charge in [0.2, 0.25) is 7.37 Å². The van der Waals surface area contributed by atoms with Crippen LogP contribution in [-0.2, 0) is 56.1 Å². The molecule has 3 aromatic rings. The Morgan fingerprint density at radius 1 is 0.500 bits per heavy atom. The zero-order valence-corrected chi connectivity index (χ0v) is 23.0. The van der Waals surface area contributed by atoms with E-state index in [9.17, 15) is 13.7 Å². The van der Waals surface area contributed by atoms with Crippen molar-refractivity contribution in [1.29, 1.82) is 0 Å². The smallest absolute Gasteiger partial charge is 0.323 e. The molecular weight excluding hydrogens is 521 g/mol. The number of rotatable bonds is 15. The van der Waals surface area contributed by atoms with Crippen molar-refractivity contribution in [3.8, 4) is 0 Å². The van der Waals surface area contributed by atoms with Crippen molar-refractivity contribution < 1.29 is 36.3 Å². The maximum absolute atomic E-state index is 14.1. The van der Waals surface area contributed by atoms with E-state index >= 15 is 0 Å². The highest BCUT2D eigenvalue weighted by Gasteiger charge is 2.43. The molecule has 0 saturated heterocycles. The Bertz CT molecular complexity index is 1130. The molecule has 0 radical (unpaired) electrons. The third-order valence-corrected chi connectivity index (χ3v) is 14.2. The van der Waals surface area contributed by atoms with Crippen LogP contribution in [-0.4, -0.2) is 26.0 Å². The summed E-state index contributed by atoms with van der Waals surface area (Å²) in [7, 11) is -9.30. The summed E-state index contributed by atoms with van der Waals surface area (Å²) in [6.45, 7) is -0.0862. The van der Waals surface area contributed by atoms with E-state index in [1.165, 1.54) is 14.2 Å². The maximum Gasteiger partial charge on any atom is 0.340 e. The minimum Gasteiger partial charge on any atom is -0.323 e. The van der Waals surface area contributed by atoms with Crippen molar-refractivity contribution in [3.63, 3.8) is 0 Å². The van der Waals surface area contributed by atoms with Gasteiger partial charge in [-0.25, -0.2) is 0 Å². The minimum absolute atomic E-state index is 0.0168. The summed E-state index contributed by atoms with van der Waals surface area (Å²) in [5.74, 6) is -1.17. The van der Waals surface area contributed by atoms with E-state index in [-0.39, 0.29) is 19.8 Å². The van der Waals surface area contributed by atoms with E-state index in [4.69, 9.17) is 22.6 Å². The number of hydrogen-bond donors (Lipinski definition) is 0. The van der Waals surface area contributed by atoms with Gasteiger partial charge in [0, 0.05) is 14.2 Å². The van der Waals surface area contributed by atoms with Crippen LogP contribution in [0, 0.1) is 0 Å². The fourth-order valence-corrected chi connectivity index (χ4v) is 12.1. The highest BCUT2D eigenvalue weighted by molar-refractivity contribution is 7.80. The summed E-state index contributed by atoms with van der Waals surface area (Å²) >= 11 is 0. The second-order valence-corrected chi connectivity index (χ2v) is 15.8. The predicted molar refractivity (Wildman–Crippen MR) is 140 cm³/mol. The van der Waals surface area contributed by atoms with E-state index in [1.807, 2.05) is 78.9 Å². The molecule has 11 heteroatoms. The Kier molecular flexibility index (Phi) is 10.9. The van der Waals surface area contributed by atoms with E-state index in [0.29, 0.717) is 0 Å². The molecule has 0 heterocycles. The van der Waals surface area contributed by atoms with Gasteiger partial charge in [0.05, 0.1) is 19.8 Å². The lowest BCUT2D eigenvalue weighted by Crippen LogP contribution is -2.08. The first-order chi connectivity index (χ1) is 17.3. The average Bonchev–Trinajstić information content (AvgIpc) is 2.91. The summed E-state index contributed by atoms with van der Waals surface area (Å²) in [6, 6.07) is 27.3. The molecule has 2 atom stereocenters. The monoisotopic (exact) mass is 552 g/mol. The quantitative estimate of drug-likeness (QED) is 0.179. The van der Waals surface area contributed by atoms with Crippen molar-refractivity contribution in [2.24, 2.45) is 0 Å². The fourth-order valence-electron chi connectivity index (χ4n) is 3.22. The zero-order valence-electron chi connectivity index (χ0n) is 20.3. The molecule has 194 valence electrons. The predicted octanol–water partition coefficient (Wildman–Crippen LogP) is 7.51. The Balaban J connectivity index is 1.79. The molecule has 0 aliphatic carbocycles. The van der Waals surface area contributed by atoms with Crippen molar-refractivity contribution >= 4 is 22.6 Å². The van der Waals surface area contributed by atoms with Crippen molar-refractivity contribution in [1.82, 2.24) is 0 Å². The molecule has 0 aliphatic heterocycles.